The van der Waals surface area contributed by atoms with Crippen molar-refractivity contribution in [2.24, 2.45) is 11.3 Å². The highest BCUT2D eigenvalue weighted by molar-refractivity contribution is 5.76. The van der Waals surface area contributed by atoms with Crippen molar-refractivity contribution in [1.82, 2.24) is 9.80 Å². The van der Waals surface area contributed by atoms with Crippen LogP contribution in [0, 0.1) is 11.3 Å². The first kappa shape index (κ1) is 16.8. The van der Waals surface area contributed by atoms with Gasteiger partial charge in [0.05, 0.1) is 6.10 Å². The average molecular weight is 296 g/mol. The molecule has 2 fully saturated rings. The van der Waals surface area contributed by atoms with Crippen LogP contribution in [0.25, 0.3) is 0 Å². The predicted molar refractivity (Wildman–Crippen MR) is 85.1 cm³/mol. The first-order valence-corrected chi connectivity index (χ1v) is 8.54. The Hall–Kier alpha value is -0.610. The summed E-state index contributed by atoms with van der Waals surface area (Å²) < 4.78 is 0. The van der Waals surface area contributed by atoms with E-state index in [1.165, 1.54) is 25.7 Å². The average Bonchev–Trinajstić information content (AvgIpc) is 2.91. The van der Waals surface area contributed by atoms with Crippen LogP contribution in [0.1, 0.15) is 52.9 Å². The number of piperazine rings is 1. The monoisotopic (exact) mass is 296 g/mol. The van der Waals surface area contributed by atoms with Crippen LogP contribution in [-0.4, -0.2) is 59.6 Å². The lowest BCUT2D eigenvalue weighted by molar-refractivity contribution is -0.134. The molecule has 0 spiro atoms. The molecule has 1 saturated heterocycles. The highest BCUT2D eigenvalue weighted by atomic mass is 16.3. The van der Waals surface area contributed by atoms with Crippen molar-refractivity contribution in [2.75, 3.05) is 32.7 Å². The molecule has 4 nitrogen and oxygen atoms in total. The molecule has 0 aromatic heterocycles. The van der Waals surface area contributed by atoms with Crippen molar-refractivity contribution >= 4 is 5.91 Å². The fraction of sp³-hybridized carbons (Fsp3) is 0.941. The van der Waals surface area contributed by atoms with E-state index in [0.29, 0.717) is 18.4 Å². The van der Waals surface area contributed by atoms with Crippen LogP contribution < -0.4 is 0 Å². The molecule has 1 aliphatic heterocycles. The van der Waals surface area contributed by atoms with Crippen molar-refractivity contribution in [1.29, 1.82) is 0 Å². The molecule has 2 rings (SSSR count). The second-order valence-corrected chi connectivity index (χ2v) is 7.92. The molecule has 1 atom stereocenters. The molecule has 122 valence electrons. The number of hydrogen-bond donors (Lipinski definition) is 1. The molecule has 4 heteroatoms. The van der Waals surface area contributed by atoms with Gasteiger partial charge in [0.25, 0.3) is 0 Å². The number of carbonyl (C=O) groups excluding carboxylic acids is 1. The second kappa shape index (κ2) is 7.10. The van der Waals surface area contributed by atoms with E-state index in [2.05, 4.69) is 25.7 Å². The number of amides is 1. The van der Waals surface area contributed by atoms with E-state index in [-0.39, 0.29) is 11.5 Å². The molecule has 1 heterocycles. The van der Waals surface area contributed by atoms with Crippen LogP contribution in [0.15, 0.2) is 0 Å². The molecular weight excluding hydrogens is 264 g/mol. The van der Waals surface area contributed by atoms with Gasteiger partial charge in [0, 0.05) is 39.1 Å². The van der Waals surface area contributed by atoms with E-state index < -0.39 is 0 Å². The lowest BCUT2D eigenvalue weighted by atomic mass is 9.89. The third kappa shape index (κ3) is 4.96. The predicted octanol–water partition coefficient (Wildman–Crippen LogP) is 2.12. The van der Waals surface area contributed by atoms with E-state index in [0.717, 1.165) is 32.6 Å². The maximum absolute atomic E-state index is 12.3. The van der Waals surface area contributed by atoms with E-state index in [4.69, 9.17) is 0 Å². The fourth-order valence-corrected chi connectivity index (χ4v) is 3.29. The third-order valence-electron chi connectivity index (χ3n) is 5.09. The highest BCUT2D eigenvalue weighted by Gasteiger charge is 2.28. The van der Waals surface area contributed by atoms with Gasteiger partial charge in [0.2, 0.25) is 5.91 Å². The number of hydrogen-bond acceptors (Lipinski definition) is 3. The Labute approximate surface area is 129 Å². The molecule has 2 aliphatic rings. The maximum Gasteiger partial charge on any atom is 0.222 e. The van der Waals surface area contributed by atoms with Crippen molar-refractivity contribution in [3.05, 3.63) is 0 Å². The number of rotatable bonds is 4. The Kier molecular flexibility index (Phi) is 5.67. The zero-order chi connectivity index (χ0) is 15.5. The van der Waals surface area contributed by atoms with Crippen molar-refractivity contribution < 1.29 is 9.90 Å². The van der Waals surface area contributed by atoms with Gasteiger partial charge in [-0.05, 0) is 24.2 Å². The van der Waals surface area contributed by atoms with Gasteiger partial charge in [-0.2, -0.15) is 0 Å². The molecule has 1 unspecified atom stereocenters. The van der Waals surface area contributed by atoms with Crippen molar-refractivity contribution in [3.63, 3.8) is 0 Å². The number of carbonyl (C=O) groups is 1. The third-order valence-corrected chi connectivity index (χ3v) is 5.09. The maximum atomic E-state index is 12.3. The Bertz CT molecular complexity index is 337. The molecule has 0 radical (unpaired) electrons. The van der Waals surface area contributed by atoms with Crippen LogP contribution in [0.3, 0.4) is 0 Å². The Morgan fingerprint density at radius 1 is 1.14 bits per heavy atom. The van der Waals surface area contributed by atoms with Gasteiger partial charge < -0.3 is 10.0 Å². The van der Waals surface area contributed by atoms with E-state index >= 15 is 0 Å². The molecule has 1 N–H and O–H groups in total. The largest absolute Gasteiger partial charge is 0.391 e. The van der Waals surface area contributed by atoms with E-state index in [1.54, 1.807) is 0 Å². The van der Waals surface area contributed by atoms with Gasteiger partial charge >= 0.3 is 0 Å². The molecule has 0 aromatic carbocycles. The summed E-state index contributed by atoms with van der Waals surface area (Å²) in [4.78, 5) is 16.6. The van der Waals surface area contributed by atoms with Gasteiger partial charge in [0.1, 0.15) is 0 Å². The van der Waals surface area contributed by atoms with Crippen LogP contribution in [0.2, 0.25) is 0 Å². The molecule has 0 bridgehead atoms. The van der Waals surface area contributed by atoms with Crippen LogP contribution in [-0.2, 0) is 4.79 Å². The lowest BCUT2D eigenvalue weighted by Crippen LogP contribution is -2.51. The molecule has 1 amide bonds. The van der Waals surface area contributed by atoms with Crippen LogP contribution in [0.5, 0.6) is 0 Å². The normalized spacial score (nSPS) is 23.5. The molecule has 1 aliphatic carbocycles. The minimum Gasteiger partial charge on any atom is -0.391 e. The molecular formula is C17H32N2O2. The summed E-state index contributed by atoms with van der Waals surface area (Å²) in [6, 6.07) is 0. The first-order chi connectivity index (χ1) is 9.86. The highest BCUT2D eigenvalue weighted by Crippen LogP contribution is 2.28. The minimum atomic E-state index is -0.307. The smallest absolute Gasteiger partial charge is 0.222 e. The Morgan fingerprint density at radius 2 is 1.71 bits per heavy atom. The Morgan fingerprint density at radius 3 is 2.24 bits per heavy atom. The van der Waals surface area contributed by atoms with E-state index in [1.807, 2.05) is 4.90 Å². The Balaban J connectivity index is 1.71. The van der Waals surface area contributed by atoms with Crippen LogP contribution >= 0.6 is 0 Å². The SMILES string of the molecule is CC(C)(C)C(O)CN1CCN(C(=O)CC2CCCC2)CC1. The second-order valence-electron chi connectivity index (χ2n) is 7.92. The molecule has 21 heavy (non-hydrogen) atoms. The zero-order valence-electron chi connectivity index (χ0n) is 14.0. The van der Waals surface area contributed by atoms with Crippen molar-refractivity contribution in [2.45, 2.75) is 59.0 Å². The standard InChI is InChI=1S/C17H32N2O2/c1-17(2,3)15(20)13-18-8-10-19(11-9-18)16(21)12-14-6-4-5-7-14/h14-15,20H,4-13H2,1-3H3. The quantitative estimate of drug-likeness (QED) is 0.864. The van der Waals surface area contributed by atoms with E-state index in [9.17, 15) is 9.90 Å². The number of β-amino-alcohol motifs (C(OH)–C–C–N with tert-alkyl or cyclic N) is 1. The minimum absolute atomic E-state index is 0.0740. The topological polar surface area (TPSA) is 43.8 Å². The van der Waals surface area contributed by atoms with Gasteiger partial charge in [-0.1, -0.05) is 33.6 Å². The van der Waals surface area contributed by atoms with Gasteiger partial charge in [-0.3, -0.25) is 9.69 Å². The first-order valence-electron chi connectivity index (χ1n) is 8.54. The summed E-state index contributed by atoms with van der Waals surface area (Å²) in [5.74, 6) is 0.983. The summed E-state index contributed by atoms with van der Waals surface area (Å²) in [6.07, 6.45) is 5.53. The molecule has 1 saturated carbocycles. The number of aliphatic hydroxyl groups excluding tert-OH is 1. The summed E-state index contributed by atoms with van der Waals surface area (Å²) in [5, 5.41) is 10.2. The van der Waals surface area contributed by atoms with Gasteiger partial charge in [0.15, 0.2) is 0 Å². The zero-order valence-corrected chi connectivity index (χ0v) is 14.0. The summed E-state index contributed by atoms with van der Waals surface area (Å²) in [6.45, 7) is 10.4. The number of aliphatic hydroxyl groups is 1. The summed E-state index contributed by atoms with van der Waals surface area (Å²) in [5.41, 5.74) is -0.0740. The summed E-state index contributed by atoms with van der Waals surface area (Å²) >= 11 is 0. The van der Waals surface area contributed by atoms with Crippen molar-refractivity contribution in [3.8, 4) is 0 Å². The van der Waals surface area contributed by atoms with Gasteiger partial charge in [-0.15, -0.1) is 0 Å². The lowest BCUT2D eigenvalue weighted by Gasteiger charge is -2.38. The molecule has 0 aromatic rings. The number of nitrogens with zero attached hydrogens (tertiary/aromatic N) is 2. The fourth-order valence-electron chi connectivity index (χ4n) is 3.29. The summed E-state index contributed by atoms with van der Waals surface area (Å²) in [7, 11) is 0. The van der Waals surface area contributed by atoms with Crippen LogP contribution in [0.4, 0.5) is 0 Å². The van der Waals surface area contributed by atoms with Gasteiger partial charge in [-0.25, -0.2) is 0 Å².